The highest BCUT2D eigenvalue weighted by Crippen LogP contribution is 1.87. The maximum Gasteiger partial charge on any atom is 0.140 e. The third-order valence-corrected chi connectivity index (χ3v) is 0.957. The molecular formula is C6H14N+. The first kappa shape index (κ1) is 6.67. The summed E-state index contributed by atoms with van der Waals surface area (Å²) in [4.78, 5) is 2.85. The summed E-state index contributed by atoms with van der Waals surface area (Å²) in [5.74, 6) is 0. The molecule has 0 spiro atoms. The lowest BCUT2D eigenvalue weighted by molar-refractivity contribution is -0.447. The second kappa shape index (κ2) is 5.67. The summed E-state index contributed by atoms with van der Waals surface area (Å²) >= 11 is 0. The fraction of sp³-hybridized carbons (Fsp3) is 0.833. The fourth-order valence-corrected chi connectivity index (χ4v) is 0.500. The molecule has 0 aromatic carbocycles. The zero-order valence-corrected chi connectivity index (χ0v) is 5.04. The molecule has 0 atom stereocenters. The van der Waals surface area contributed by atoms with Gasteiger partial charge in [0.1, 0.15) is 13.3 Å². The minimum atomic E-state index is 1.06. The Morgan fingerprint density at radius 1 is 1.43 bits per heavy atom. The number of unbranched alkanes of at least 4 members (excludes halogenated alkanes) is 2. The molecule has 0 aliphatic carbocycles. The standard InChI is InChI=1S/C6H13N/c1-3-4-5-6-7-2/h2-6H2,1H3/p+1. The lowest BCUT2D eigenvalue weighted by Gasteiger charge is -1.84. The van der Waals surface area contributed by atoms with Crippen molar-refractivity contribution in [3.8, 4) is 0 Å². The normalized spacial score (nSPS) is 8.71. The van der Waals surface area contributed by atoms with Crippen molar-refractivity contribution in [3.05, 3.63) is 0 Å². The number of rotatable bonds is 4. The van der Waals surface area contributed by atoms with Crippen LogP contribution in [0.4, 0.5) is 0 Å². The lowest BCUT2D eigenvalue weighted by atomic mass is 10.3. The molecule has 0 amide bonds. The predicted octanol–water partition coefficient (Wildman–Crippen LogP) is -0.0422. The van der Waals surface area contributed by atoms with Gasteiger partial charge in [0.05, 0.1) is 0 Å². The Kier molecular flexibility index (Phi) is 5.40. The summed E-state index contributed by atoms with van der Waals surface area (Å²) in [6.07, 6.45) is 3.88. The van der Waals surface area contributed by atoms with Crippen molar-refractivity contribution in [1.29, 1.82) is 0 Å². The predicted molar refractivity (Wildman–Crippen MR) is 32.5 cm³/mol. The van der Waals surface area contributed by atoms with Crippen molar-refractivity contribution in [3.63, 3.8) is 0 Å². The third kappa shape index (κ3) is 5.67. The molecule has 0 bridgehead atoms. The molecule has 1 N–H and O–H groups in total. The van der Waals surface area contributed by atoms with Crippen LogP contribution >= 0.6 is 0 Å². The van der Waals surface area contributed by atoms with Crippen LogP contribution in [0, 0.1) is 0 Å². The van der Waals surface area contributed by atoms with E-state index in [0.29, 0.717) is 0 Å². The summed E-state index contributed by atoms with van der Waals surface area (Å²) in [6.45, 7) is 6.77. The van der Waals surface area contributed by atoms with E-state index in [-0.39, 0.29) is 0 Å². The highest BCUT2D eigenvalue weighted by atomic mass is 14.7. The maximum absolute atomic E-state index is 3.51. The summed E-state index contributed by atoms with van der Waals surface area (Å²) < 4.78 is 0. The van der Waals surface area contributed by atoms with Gasteiger partial charge in [-0.2, -0.15) is 0 Å². The van der Waals surface area contributed by atoms with E-state index in [2.05, 4.69) is 18.6 Å². The lowest BCUT2D eigenvalue weighted by Crippen LogP contribution is -2.65. The number of nitrogens with one attached hydrogen (secondary N) is 1. The van der Waals surface area contributed by atoms with E-state index in [1.165, 1.54) is 19.3 Å². The van der Waals surface area contributed by atoms with Crippen LogP contribution in [-0.4, -0.2) is 13.3 Å². The van der Waals surface area contributed by atoms with Crippen LogP contribution < -0.4 is 4.99 Å². The molecule has 0 saturated heterocycles. The summed E-state index contributed by atoms with van der Waals surface area (Å²) in [7, 11) is 0. The van der Waals surface area contributed by atoms with Crippen molar-refractivity contribution in [1.82, 2.24) is 0 Å². The summed E-state index contributed by atoms with van der Waals surface area (Å²) in [5.41, 5.74) is 0. The molecule has 42 valence electrons. The Hall–Kier alpha value is -0.330. The topological polar surface area (TPSA) is 14.0 Å². The van der Waals surface area contributed by atoms with Gasteiger partial charge >= 0.3 is 0 Å². The molecule has 0 radical (unpaired) electrons. The maximum atomic E-state index is 3.51. The Balaban J connectivity index is 2.56. The van der Waals surface area contributed by atoms with Gasteiger partial charge in [-0.15, -0.1) is 0 Å². The molecule has 0 unspecified atom stereocenters. The molecule has 0 fully saturated rings. The highest BCUT2D eigenvalue weighted by molar-refractivity contribution is 5.12. The molecular weight excluding hydrogens is 86.1 g/mol. The summed E-state index contributed by atoms with van der Waals surface area (Å²) in [5, 5.41) is 0. The van der Waals surface area contributed by atoms with Crippen LogP contribution in [-0.2, 0) is 0 Å². The Bertz CT molecular complexity index is 41.4. The van der Waals surface area contributed by atoms with Gasteiger partial charge in [0.2, 0.25) is 0 Å². The van der Waals surface area contributed by atoms with Crippen LogP contribution in [0.5, 0.6) is 0 Å². The minimum absolute atomic E-state index is 1.06. The molecule has 0 saturated carbocycles. The van der Waals surface area contributed by atoms with E-state index in [4.69, 9.17) is 0 Å². The van der Waals surface area contributed by atoms with Gasteiger partial charge in [-0.05, 0) is 6.42 Å². The Morgan fingerprint density at radius 3 is 2.57 bits per heavy atom. The first-order valence-electron chi connectivity index (χ1n) is 2.91. The van der Waals surface area contributed by atoms with Crippen molar-refractivity contribution >= 4 is 6.72 Å². The molecule has 0 aromatic rings. The van der Waals surface area contributed by atoms with Gasteiger partial charge < -0.3 is 0 Å². The van der Waals surface area contributed by atoms with E-state index >= 15 is 0 Å². The van der Waals surface area contributed by atoms with E-state index < -0.39 is 0 Å². The zero-order chi connectivity index (χ0) is 5.54. The van der Waals surface area contributed by atoms with Crippen LogP contribution in [0.25, 0.3) is 0 Å². The van der Waals surface area contributed by atoms with Gasteiger partial charge in [0.15, 0.2) is 0 Å². The summed E-state index contributed by atoms with van der Waals surface area (Å²) in [6, 6.07) is 0. The van der Waals surface area contributed by atoms with Gasteiger partial charge in [0.25, 0.3) is 0 Å². The van der Waals surface area contributed by atoms with Crippen molar-refractivity contribution < 1.29 is 4.99 Å². The van der Waals surface area contributed by atoms with E-state index in [9.17, 15) is 0 Å². The monoisotopic (exact) mass is 100 g/mol. The van der Waals surface area contributed by atoms with Crippen molar-refractivity contribution in [2.24, 2.45) is 0 Å². The van der Waals surface area contributed by atoms with Crippen LogP contribution in [0.1, 0.15) is 26.2 Å². The average molecular weight is 100 g/mol. The minimum Gasteiger partial charge on any atom is -0.254 e. The van der Waals surface area contributed by atoms with E-state index in [0.717, 1.165) is 6.54 Å². The van der Waals surface area contributed by atoms with Gasteiger partial charge in [-0.1, -0.05) is 13.3 Å². The Morgan fingerprint density at radius 2 is 2.14 bits per heavy atom. The second-order valence-electron chi connectivity index (χ2n) is 1.71. The molecule has 1 heteroatoms. The highest BCUT2D eigenvalue weighted by Gasteiger charge is 1.81. The molecule has 0 aliphatic heterocycles. The molecule has 7 heavy (non-hydrogen) atoms. The Labute approximate surface area is 45.5 Å². The first-order chi connectivity index (χ1) is 3.41. The van der Waals surface area contributed by atoms with E-state index in [1.54, 1.807) is 0 Å². The molecule has 0 rings (SSSR count). The first-order valence-corrected chi connectivity index (χ1v) is 2.91. The molecule has 1 nitrogen and oxygen atoms in total. The third-order valence-electron chi connectivity index (χ3n) is 0.957. The second-order valence-corrected chi connectivity index (χ2v) is 1.71. The quantitative estimate of drug-likeness (QED) is 0.376. The van der Waals surface area contributed by atoms with Crippen molar-refractivity contribution in [2.45, 2.75) is 26.2 Å². The van der Waals surface area contributed by atoms with Gasteiger partial charge in [0, 0.05) is 6.42 Å². The zero-order valence-electron chi connectivity index (χ0n) is 5.04. The molecule has 0 aromatic heterocycles. The number of hydrogen-bond donors (Lipinski definition) is 1. The largest absolute Gasteiger partial charge is 0.254 e. The van der Waals surface area contributed by atoms with Crippen LogP contribution in [0.3, 0.4) is 0 Å². The van der Waals surface area contributed by atoms with Crippen LogP contribution in [0.15, 0.2) is 0 Å². The smallest absolute Gasteiger partial charge is 0.140 e. The number of hydrogen-bond acceptors (Lipinski definition) is 0. The van der Waals surface area contributed by atoms with Crippen LogP contribution in [0.2, 0.25) is 0 Å². The molecule has 0 aliphatic rings. The van der Waals surface area contributed by atoms with Gasteiger partial charge in [-0.25, -0.2) is 0 Å². The SMILES string of the molecule is C=[NH+]CCCCC. The van der Waals surface area contributed by atoms with E-state index in [1.807, 2.05) is 0 Å². The van der Waals surface area contributed by atoms with Crippen molar-refractivity contribution in [2.75, 3.05) is 6.54 Å². The molecule has 0 heterocycles. The average Bonchev–Trinajstić information content (AvgIpc) is 1.69. The van der Waals surface area contributed by atoms with Gasteiger partial charge in [-0.3, -0.25) is 4.99 Å². The fourth-order valence-electron chi connectivity index (χ4n) is 0.500.